The first kappa shape index (κ1) is 17.5. The normalized spacial score (nSPS) is 14.0. The second kappa shape index (κ2) is 8.03. The van der Waals surface area contributed by atoms with Crippen LogP contribution in [0.2, 0.25) is 0 Å². The smallest absolute Gasteiger partial charge is 0.323 e. The standard InChI is InChI=1S/C17H27NO3/c1-13(2)14-8-7-9-15(12-14)21-11-6-5-10-17(3,18-4)16(19)20/h7-9,12-13,18H,5-6,10-11H2,1-4H3,(H,19,20). The van der Waals surface area contributed by atoms with E-state index >= 15 is 0 Å². The van der Waals surface area contributed by atoms with Crippen LogP contribution in [0.1, 0.15) is 51.5 Å². The highest BCUT2D eigenvalue weighted by atomic mass is 16.5. The molecular weight excluding hydrogens is 266 g/mol. The Bertz CT molecular complexity index is 459. The first-order chi connectivity index (χ1) is 9.89. The van der Waals surface area contributed by atoms with Crippen molar-refractivity contribution in [3.63, 3.8) is 0 Å². The minimum absolute atomic E-state index is 0.487. The van der Waals surface area contributed by atoms with Crippen LogP contribution in [-0.2, 0) is 4.79 Å². The van der Waals surface area contributed by atoms with E-state index in [0.29, 0.717) is 18.9 Å². The summed E-state index contributed by atoms with van der Waals surface area (Å²) in [6, 6.07) is 8.14. The summed E-state index contributed by atoms with van der Waals surface area (Å²) >= 11 is 0. The summed E-state index contributed by atoms with van der Waals surface area (Å²) in [7, 11) is 1.68. The van der Waals surface area contributed by atoms with E-state index < -0.39 is 11.5 Å². The molecule has 0 bridgehead atoms. The third-order valence-electron chi connectivity index (χ3n) is 3.89. The Kier molecular flexibility index (Phi) is 6.69. The molecule has 0 aliphatic heterocycles. The van der Waals surface area contributed by atoms with Gasteiger partial charge in [0, 0.05) is 0 Å². The third kappa shape index (κ3) is 5.38. The van der Waals surface area contributed by atoms with E-state index in [0.717, 1.165) is 18.6 Å². The lowest BCUT2D eigenvalue weighted by atomic mass is 9.95. The lowest BCUT2D eigenvalue weighted by Gasteiger charge is -2.23. The van der Waals surface area contributed by atoms with Gasteiger partial charge >= 0.3 is 5.97 Å². The topological polar surface area (TPSA) is 58.6 Å². The number of nitrogens with one attached hydrogen (secondary N) is 1. The SMILES string of the molecule is CNC(C)(CCCCOc1cccc(C(C)C)c1)C(=O)O. The van der Waals surface area contributed by atoms with E-state index in [4.69, 9.17) is 9.84 Å². The van der Waals surface area contributed by atoms with Gasteiger partial charge in [-0.05, 0) is 56.8 Å². The number of carboxylic acids is 1. The summed E-state index contributed by atoms with van der Waals surface area (Å²) < 4.78 is 5.74. The van der Waals surface area contributed by atoms with E-state index in [1.54, 1.807) is 14.0 Å². The molecule has 0 saturated heterocycles. The van der Waals surface area contributed by atoms with Crippen molar-refractivity contribution in [3.8, 4) is 5.75 Å². The molecule has 118 valence electrons. The van der Waals surface area contributed by atoms with Crippen molar-refractivity contribution in [2.45, 2.75) is 51.5 Å². The van der Waals surface area contributed by atoms with Crippen LogP contribution in [0.5, 0.6) is 5.75 Å². The molecule has 0 amide bonds. The quantitative estimate of drug-likeness (QED) is 0.685. The summed E-state index contributed by atoms with van der Waals surface area (Å²) in [5, 5.41) is 12.0. The molecule has 0 fully saturated rings. The molecule has 2 N–H and O–H groups in total. The van der Waals surface area contributed by atoms with Gasteiger partial charge in [-0.1, -0.05) is 26.0 Å². The van der Waals surface area contributed by atoms with Gasteiger partial charge in [0.2, 0.25) is 0 Å². The number of unbranched alkanes of at least 4 members (excludes halogenated alkanes) is 1. The summed E-state index contributed by atoms with van der Waals surface area (Å²) in [5.41, 5.74) is 0.415. The maximum absolute atomic E-state index is 11.1. The van der Waals surface area contributed by atoms with Crippen molar-refractivity contribution in [3.05, 3.63) is 29.8 Å². The first-order valence-electron chi connectivity index (χ1n) is 7.54. The van der Waals surface area contributed by atoms with Gasteiger partial charge < -0.3 is 15.2 Å². The molecule has 0 heterocycles. The average Bonchev–Trinajstić information content (AvgIpc) is 2.46. The second-order valence-corrected chi connectivity index (χ2v) is 5.92. The van der Waals surface area contributed by atoms with Gasteiger partial charge in [-0.2, -0.15) is 0 Å². The van der Waals surface area contributed by atoms with Gasteiger partial charge in [0.25, 0.3) is 0 Å². The molecule has 0 spiro atoms. The van der Waals surface area contributed by atoms with Crippen molar-refractivity contribution >= 4 is 5.97 Å². The van der Waals surface area contributed by atoms with Crippen LogP contribution in [0.15, 0.2) is 24.3 Å². The van der Waals surface area contributed by atoms with E-state index in [1.165, 1.54) is 5.56 Å². The van der Waals surface area contributed by atoms with Crippen LogP contribution < -0.4 is 10.1 Å². The van der Waals surface area contributed by atoms with E-state index in [9.17, 15) is 4.79 Å². The third-order valence-corrected chi connectivity index (χ3v) is 3.89. The fourth-order valence-corrected chi connectivity index (χ4v) is 2.07. The molecule has 0 radical (unpaired) electrons. The highest BCUT2D eigenvalue weighted by Crippen LogP contribution is 2.20. The number of aliphatic carboxylic acids is 1. The molecule has 21 heavy (non-hydrogen) atoms. The summed E-state index contributed by atoms with van der Waals surface area (Å²) in [6.07, 6.45) is 2.25. The Morgan fingerprint density at radius 2 is 2.10 bits per heavy atom. The second-order valence-electron chi connectivity index (χ2n) is 5.92. The number of carboxylic acid groups (broad SMARTS) is 1. The maximum atomic E-state index is 11.1. The summed E-state index contributed by atoms with van der Waals surface area (Å²) in [5.74, 6) is 0.562. The Balaban J connectivity index is 2.35. The highest BCUT2D eigenvalue weighted by Gasteiger charge is 2.29. The summed E-state index contributed by atoms with van der Waals surface area (Å²) in [4.78, 5) is 11.1. The van der Waals surface area contributed by atoms with Gasteiger partial charge in [0.15, 0.2) is 0 Å². The first-order valence-corrected chi connectivity index (χ1v) is 7.54. The van der Waals surface area contributed by atoms with Crippen LogP contribution >= 0.6 is 0 Å². The Hall–Kier alpha value is -1.55. The molecule has 1 atom stereocenters. The monoisotopic (exact) mass is 293 g/mol. The van der Waals surface area contributed by atoms with Crippen molar-refractivity contribution in [1.29, 1.82) is 0 Å². The predicted molar refractivity (Wildman–Crippen MR) is 85.0 cm³/mol. The number of carbonyl (C=O) groups is 1. The van der Waals surface area contributed by atoms with Crippen molar-refractivity contribution in [2.75, 3.05) is 13.7 Å². The molecule has 4 heteroatoms. The number of hydrogen-bond acceptors (Lipinski definition) is 3. The van der Waals surface area contributed by atoms with E-state index in [1.807, 2.05) is 12.1 Å². The predicted octanol–water partition coefficient (Wildman–Crippen LogP) is 3.42. The fourth-order valence-electron chi connectivity index (χ4n) is 2.07. The fraction of sp³-hybridized carbons (Fsp3) is 0.588. The van der Waals surface area contributed by atoms with Gasteiger partial charge in [0.1, 0.15) is 11.3 Å². The number of ether oxygens (including phenoxy) is 1. The van der Waals surface area contributed by atoms with Crippen molar-refractivity contribution < 1.29 is 14.6 Å². The number of rotatable bonds is 9. The maximum Gasteiger partial charge on any atom is 0.323 e. The van der Waals surface area contributed by atoms with Crippen LogP contribution in [-0.4, -0.2) is 30.3 Å². The summed E-state index contributed by atoms with van der Waals surface area (Å²) in [6.45, 7) is 6.64. The molecule has 1 unspecified atom stereocenters. The minimum Gasteiger partial charge on any atom is -0.494 e. The average molecular weight is 293 g/mol. The molecule has 0 saturated carbocycles. The largest absolute Gasteiger partial charge is 0.494 e. The molecule has 4 nitrogen and oxygen atoms in total. The van der Waals surface area contributed by atoms with Gasteiger partial charge in [-0.25, -0.2) is 0 Å². The Morgan fingerprint density at radius 3 is 2.67 bits per heavy atom. The van der Waals surface area contributed by atoms with E-state index in [2.05, 4.69) is 31.3 Å². The molecule has 1 aromatic rings. The zero-order chi connectivity index (χ0) is 15.9. The molecule has 0 aromatic heterocycles. The van der Waals surface area contributed by atoms with Gasteiger partial charge in [-0.3, -0.25) is 4.79 Å². The molecule has 0 aliphatic rings. The van der Waals surface area contributed by atoms with Crippen LogP contribution in [0.4, 0.5) is 0 Å². The highest BCUT2D eigenvalue weighted by molar-refractivity contribution is 5.78. The van der Waals surface area contributed by atoms with Gasteiger partial charge in [0.05, 0.1) is 6.61 Å². The number of benzene rings is 1. The van der Waals surface area contributed by atoms with Crippen molar-refractivity contribution in [1.82, 2.24) is 5.32 Å². The molecular formula is C17H27NO3. The number of likely N-dealkylation sites (N-methyl/N-ethyl adjacent to an activating group) is 1. The number of hydrogen-bond donors (Lipinski definition) is 2. The minimum atomic E-state index is -0.850. The molecule has 1 rings (SSSR count). The lowest BCUT2D eigenvalue weighted by molar-refractivity contribution is -0.144. The molecule has 0 aliphatic carbocycles. The Morgan fingerprint density at radius 1 is 1.38 bits per heavy atom. The zero-order valence-corrected chi connectivity index (χ0v) is 13.5. The van der Waals surface area contributed by atoms with Crippen LogP contribution in [0.25, 0.3) is 0 Å². The van der Waals surface area contributed by atoms with Crippen LogP contribution in [0, 0.1) is 0 Å². The van der Waals surface area contributed by atoms with Gasteiger partial charge in [-0.15, -0.1) is 0 Å². The molecule has 1 aromatic carbocycles. The lowest BCUT2D eigenvalue weighted by Crippen LogP contribution is -2.47. The van der Waals surface area contributed by atoms with E-state index in [-0.39, 0.29) is 0 Å². The van der Waals surface area contributed by atoms with Crippen molar-refractivity contribution in [2.24, 2.45) is 0 Å². The Labute approximate surface area is 127 Å². The zero-order valence-electron chi connectivity index (χ0n) is 13.5. The van der Waals surface area contributed by atoms with Crippen LogP contribution in [0.3, 0.4) is 0 Å².